The van der Waals surface area contributed by atoms with Gasteiger partial charge in [-0.05, 0) is 39.7 Å². The van der Waals surface area contributed by atoms with E-state index < -0.39 is 0 Å². The number of furan rings is 1. The molecule has 0 amide bonds. The zero-order valence-corrected chi connectivity index (χ0v) is 28.8. The Labute approximate surface area is 305 Å². The molecule has 12 aromatic rings. The first kappa shape index (κ1) is 28.6. The van der Waals surface area contributed by atoms with Crippen molar-refractivity contribution in [3.05, 3.63) is 151 Å². The molecule has 0 atom stereocenters. The largest absolute Gasteiger partial charge is 0.455 e. The van der Waals surface area contributed by atoms with Crippen LogP contribution in [0.3, 0.4) is 0 Å². The Hall–Kier alpha value is -7.07. The summed E-state index contributed by atoms with van der Waals surface area (Å²) in [6.07, 6.45) is 1.83. The number of aromatic nitrogens is 3. The third-order valence-corrected chi connectivity index (χ3v) is 12.1. The summed E-state index contributed by atoms with van der Waals surface area (Å²) in [5.41, 5.74) is 5.27. The molecule has 8 aromatic carbocycles. The lowest BCUT2D eigenvalue weighted by molar-refractivity contribution is 0.669. The summed E-state index contributed by atoms with van der Waals surface area (Å²) >= 11 is 1.84. The summed E-state index contributed by atoms with van der Waals surface area (Å²) in [7, 11) is 0. The lowest BCUT2D eigenvalue weighted by Gasteiger charge is -2.14. The molecule has 0 unspecified atom stereocenters. The van der Waals surface area contributed by atoms with E-state index >= 15 is 0 Å². The minimum absolute atomic E-state index is 0.291. The van der Waals surface area contributed by atoms with Gasteiger partial charge in [0.1, 0.15) is 22.9 Å². The van der Waals surface area contributed by atoms with Gasteiger partial charge in [0.25, 0.3) is 0 Å². The first-order valence-electron chi connectivity index (χ1n) is 17.6. The number of rotatable bonds is 2. The van der Waals surface area contributed by atoms with E-state index in [4.69, 9.17) is 14.4 Å². The van der Waals surface area contributed by atoms with Crippen LogP contribution in [0.4, 0.5) is 0 Å². The molecule has 0 radical (unpaired) electrons. The highest BCUT2D eigenvalue weighted by molar-refractivity contribution is 7.27. The number of para-hydroxylation sites is 2. The second-order valence-electron chi connectivity index (χ2n) is 13.5. The van der Waals surface area contributed by atoms with Crippen molar-refractivity contribution in [2.45, 2.75) is 0 Å². The Morgan fingerprint density at radius 3 is 1.91 bits per heavy atom. The minimum atomic E-state index is 0.291. The van der Waals surface area contributed by atoms with Crippen molar-refractivity contribution in [1.29, 1.82) is 5.26 Å². The number of nitriles is 1. The highest BCUT2D eigenvalue weighted by Gasteiger charge is 2.27. The first-order chi connectivity index (χ1) is 26.3. The molecule has 0 bridgehead atoms. The van der Waals surface area contributed by atoms with Gasteiger partial charge in [-0.2, -0.15) is 5.26 Å². The number of hydrogen-bond donors (Lipinski definition) is 0. The van der Waals surface area contributed by atoms with Crippen LogP contribution in [-0.2, 0) is 0 Å². The van der Waals surface area contributed by atoms with Crippen molar-refractivity contribution >= 4 is 108 Å². The molecule has 12 rings (SSSR count). The van der Waals surface area contributed by atoms with Crippen LogP contribution in [0.15, 0.2) is 150 Å². The normalized spacial score (nSPS) is 12.1. The van der Waals surface area contributed by atoms with Gasteiger partial charge in [0.05, 0.1) is 22.8 Å². The van der Waals surface area contributed by atoms with Crippen LogP contribution in [0.2, 0.25) is 0 Å². The summed E-state index contributed by atoms with van der Waals surface area (Å²) in [5.74, 6) is 0.447. The number of thiophene rings is 1. The zero-order chi connectivity index (χ0) is 34.8. The second kappa shape index (κ2) is 10.5. The lowest BCUT2D eigenvalue weighted by atomic mass is 9.95. The van der Waals surface area contributed by atoms with E-state index in [1.807, 2.05) is 47.9 Å². The maximum atomic E-state index is 11.0. The highest BCUT2D eigenvalue weighted by atomic mass is 32.1. The van der Waals surface area contributed by atoms with Gasteiger partial charge in [0, 0.05) is 52.5 Å². The van der Waals surface area contributed by atoms with E-state index in [1.54, 1.807) is 0 Å². The molecule has 0 saturated heterocycles. The Kier molecular flexibility index (Phi) is 5.66. The third-order valence-electron chi connectivity index (χ3n) is 10.9. The number of benzene rings is 8. The number of nitrogens with zero attached hydrogens (tertiary/aromatic N) is 4. The molecule has 0 aliphatic rings. The van der Waals surface area contributed by atoms with Gasteiger partial charge in [-0.15, -0.1) is 11.3 Å². The molecule has 53 heavy (non-hydrogen) atoms. The van der Waals surface area contributed by atoms with Crippen LogP contribution < -0.4 is 0 Å². The van der Waals surface area contributed by atoms with E-state index in [0.29, 0.717) is 22.8 Å². The molecule has 0 fully saturated rings. The fourth-order valence-corrected chi connectivity index (χ4v) is 10.0. The van der Waals surface area contributed by atoms with Crippen molar-refractivity contribution in [3.63, 3.8) is 0 Å². The van der Waals surface area contributed by atoms with Crippen molar-refractivity contribution in [1.82, 2.24) is 14.5 Å². The molecule has 0 spiro atoms. The molecule has 0 saturated carbocycles. The van der Waals surface area contributed by atoms with Gasteiger partial charge in [-0.25, -0.2) is 9.97 Å². The minimum Gasteiger partial charge on any atom is -0.455 e. The van der Waals surface area contributed by atoms with Crippen molar-refractivity contribution in [3.8, 4) is 23.1 Å². The monoisotopic (exact) mass is 692 g/mol. The molecular formula is C47H24N4OS. The van der Waals surface area contributed by atoms with E-state index in [-0.39, 0.29) is 0 Å². The Balaban J connectivity index is 1.29. The molecule has 244 valence electrons. The van der Waals surface area contributed by atoms with Crippen molar-refractivity contribution < 1.29 is 4.42 Å². The van der Waals surface area contributed by atoms with Gasteiger partial charge in [0.2, 0.25) is 0 Å². The summed E-state index contributed by atoms with van der Waals surface area (Å²) in [6.45, 7) is 0. The summed E-state index contributed by atoms with van der Waals surface area (Å²) in [4.78, 5) is 10.0. The molecular weight excluding hydrogens is 669 g/mol. The maximum absolute atomic E-state index is 11.0. The third kappa shape index (κ3) is 3.73. The number of hydrogen-bond acceptors (Lipinski definition) is 5. The standard InChI is InChI=1S/C47H24N4OS/c48-24-36-37(25-49-47(50-36)35-21-11-20-33-28-14-7-9-22-38(28)52-45(33)35)51-43-31-17-5-2-13-27(31)26-12-1-3-15-29(26)41(43)42-44(51)32-18-6-4-16-30(32)40-34-19-8-10-23-39(34)53-46(40)42/h1-23,25H. The lowest BCUT2D eigenvalue weighted by Crippen LogP contribution is -2.04. The Morgan fingerprint density at radius 2 is 1.13 bits per heavy atom. The molecule has 6 heteroatoms. The van der Waals surface area contributed by atoms with Crippen LogP contribution in [0.1, 0.15) is 5.69 Å². The summed E-state index contributed by atoms with van der Waals surface area (Å²) < 4.78 is 11.1. The summed E-state index contributed by atoms with van der Waals surface area (Å²) in [6, 6.07) is 51.2. The first-order valence-corrected chi connectivity index (χ1v) is 18.4. The summed E-state index contributed by atoms with van der Waals surface area (Å²) in [5, 5.41) is 24.8. The molecule has 4 heterocycles. The van der Waals surface area contributed by atoms with Gasteiger partial charge in [-0.3, -0.25) is 0 Å². The average Bonchev–Trinajstić information content (AvgIpc) is 3.91. The highest BCUT2D eigenvalue weighted by Crippen LogP contribution is 2.51. The predicted molar refractivity (Wildman–Crippen MR) is 219 cm³/mol. The Bertz CT molecular complexity index is 3600. The topological polar surface area (TPSA) is 67.6 Å². The van der Waals surface area contributed by atoms with Crippen molar-refractivity contribution in [2.75, 3.05) is 0 Å². The average molecular weight is 693 g/mol. The second-order valence-corrected chi connectivity index (χ2v) is 14.6. The van der Waals surface area contributed by atoms with Gasteiger partial charge >= 0.3 is 0 Å². The fraction of sp³-hybridized carbons (Fsp3) is 0. The molecule has 0 aliphatic heterocycles. The van der Waals surface area contributed by atoms with E-state index in [2.05, 4.69) is 120 Å². The van der Waals surface area contributed by atoms with E-state index in [0.717, 1.165) is 54.5 Å². The molecule has 0 N–H and O–H groups in total. The number of fused-ring (bicyclic) bond motifs is 18. The smallest absolute Gasteiger partial charge is 0.168 e. The van der Waals surface area contributed by atoms with Crippen LogP contribution in [0.5, 0.6) is 0 Å². The Morgan fingerprint density at radius 1 is 0.547 bits per heavy atom. The van der Waals surface area contributed by atoms with Crippen LogP contribution in [-0.4, -0.2) is 14.5 Å². The van der Waals surface area contributed by atoms with Crippen LogP contribution in [0.25, 0.3) is 113 Å². The van der Waals surface area contributed by atoms with Gasteiger partial charge in [-0.1, -0.05) is 121 Å². The van der Waals surface area contributed by atoms with E-state index in [9.17, 15) is 5.26 Å². The molecule has 0 aliphatic carbocycles. The fourth-order valence-electron chi connectivity index (χ4n) is 8.74. The van der Waals surface area contributed by atoms with Gasteiger partial charge in [0.15, 0.2) is 11.5 Å². The zero-order valence-electron chi connectivity index (χ0n) is 28.0. The maximum Gasteiger partial charge on any atom is 0.168 e. The SMILES string of the molecule is N#Cc1nc(-c2cccc3c2oc2ccccc23)ncc1-n1c2c3ccccc3c3ccccc3c2c2c3sc4ccccc4c3c3ccccc3c21. The van der Waals surface area contributed by atoms with Gasteiger partial charge < -0.3 is 8.98 Å². The molecule has 4 aromatic heterocycles. The molecule has 5 nitrogen and oxygen atoms in total. The van der Waals surface area contributed by atoms with E-state index in [1.165, 1.54) is 41.7 Å². The van der Waals surface area contributed by atoms with Crippen LogP contribution >= 0.6 is 11.3 Å². The van der Waals surface area contributed by atoms with Crippen molar-refractivity contribution in [2.24, 2.45) is 0 Å². The quantitative estimate of drug-likeness (QED) is 0.169. The predicted octanol–water partition coefficient (Wildman–Crippen LogP) is 12.8. The van der Waals surface area contributed by atoms with Crippen LogP contribution in [0, 0.1) is 11.3 Å².